The standard InChI is InChI=1S/C11H15ClN4/c1-2-5-15-6-8-16(9-7-15)11-10(12)13-3-4-14-11/h2-4H,1,5-9H2. The van der Waals surface area contributed by atoms with Gasteiger partial charge in [-0.1, -0.05) is 17.7 Å². The summed E-state index contributed by atoms with van der Waals surface area (Å²) in [5.74, 6) is 0.794. The lowest BCUT2D eigenvalue weighted by atomic mass is 10.3. The van der Waals surface area contributed by atoms with Crippen LogP contribution in [0.2, 0.25) is 5.15 Å². The number of halogens is 1. The Morgan fingerprint density at radius 1 is 1.25 bits per heavy atom. The highest BCUT2D eigenvalue weighted by atomic mass is 35.5. The highest BCUT2D eigenvalue weighted by Gasteiger charge is 2.19. The molecule has 0 bridgehead atoms. The van der Waals surface area contributed by atoms with Crippen molar-refractivity contribution < 1.29 is 0 Å². The zero-order valence-corrected chi connectivity index (χ0v) is 9.90. The van der Waals surface area contributed by atoms with E-state index in [2.05, 4.69) is 26.3 Å². The number of hydrogen-bond acceptors (Lipinski definition) is 4. The molecule has 2 rings (SSSR count). The molecule has 0 unspecified atom stereocenters. The first-order chi connectivity index (χ1) is 7.81. The molecule has 1 aliphatic heterocycles. The molecule has 0 atom stereocenters. The number of anilines is 1. The first kappa shape index (κ1) is 11.4. The molecule has 0 saturated carbocycles. The maximum atomic E-state index is 6.01. The molecular weight excluding hydrogens is 224 g/mol. The van der Waals surface area contributed by atoms with Gasteiger partial charge in [-0.3, -0.25) is 4.90 Å². The minimum absolute atomic E-state index is 0.486. The Morgan fingerprint density at radius 3 is 2.56 bits per heavy atom. The summed E-state index contributed by atoms with van der Waals surface area (Å²) in [7, 11) is 0. The topological polar surface area (TPSA) is 32.3 Å². The van der Waals surface area contributed by atoms with Crippen molar-refractivity contribution in [2.45, 2.75) is 0 Å². The SMILES string of the molecule is C=CCN1CCN(c2nccnc2Cl)CC1. The Hall–Kier alpha value is -1.13. The summed E-state index contributed by atoms with van der Waals surface area (Å²) in [6.07, 6.45) is 5.22. The summed E-state index contributed by atoms with van der Waals surface area (Å²) >= 11 is 6.01. The fraction of sp³-hybridized carbons (Fsp3) is 0.455. The van der Waals surface area contributed by atoms with Crippen molar-refractivity contribution in [1.82, 2.24) is 14.9 Å². The molecule has 0 aliphatic carbocycles. The van der Waals surface area contributed by atoms with Crippen molar-refractivity contribution in [3.8, 4) is 0 Å². The van der Waals surface area contributed by atoms with E-state index in [-0.39, 0.29) is 0 Å². The predicted octanol–water partition coefficient (Wildman–Crippen LogP) is 1.44. The average molecular weight is 239 g/mol. The molecule has 0 N–H and O–H groups in total. The van der Waals surface area contributed by atoms with E-state index in [9.17, 15) is 0 Å². The molecule has 0 amide bonds. The van der Waals surface area contributed by atoms with Crippen molar-refractivity contribution in [3.05, 3.63) is 30.2 Å². The van der Waals surface area contributed by atoms with Crippen LogP contribution in [0.1, 0.15) is 0 Å². The lowest BCUT2D eigenvalue weighted by Crippen LogP contribution is -2.46. The van der Waals surface area contributed by atoms with Gasteiger partial charge in [0, 0.05) is 45.1 Å². The van der Waals surface area contributed by atoms with Gasteiger partial charge in [-0.2, -0.15) is 0 Å². The van der Waals surface area contributed by atoms with E-state index in [1.165, 1.54) is 0 Å². The summed E-state index contributed by atoms with van der Waals surface area (Å²) in [5, 5.41) is 0.486. The minimum atomic E-state index is 0.486. The van der Waals surface area contributed by atoms with Crippen LogP contribution < -0.4 is 4.90 Å². The summed E-state index contributed by atoms with van der Waals surface area (Å²) in [6, 6.07) is 0. The van der Waals surface area contributed by atoms with Crippen LogP contribution >= 0.6 is 11.6 Å². The highest BCUT2D eigenvalue weighted by Crippen LogP contribution is 2.20. The smallest absolute Gasteiger partial charge is 0.171 e. The van der Waals surface area contributed by atoms with Gasteiger partial charge in [-0.05, 0) is 0 Å². The van der Waals surface area contributed by atoms with Crippen molar-refractivity contribution in [2.24, 2.45) is 0 Å². The quantitative estimate of drug-likeness (QED) is 0.746. The van der Waals surface area contributed by atoms with Crippen LogP contribution in [0.15, 0.2) is 25.0 Å². The van der Waals surface area contributed by atoms with E-state index in [1.54, 1.807) is 12.4 Å². The Bertz CT molecular complexity index is 361. The number of hydrogen-bond donors (Lipinski definition) is 0. The fourth-order valence-electron chi connectivity index (χ4n) is 1.85. The average Bonchev–Trinajstić information content (AvgIpc) is 2.31. The fourth-order valence-corrected chi connectivity index (χ4v) is 2.08. The zero-order valence-electron chi connectivity index (χ0n) is 9.14. The normalized spacial score (nSPS) is 17.4. The minimum Gasteiger partial charge on any atom is -0.351 e. The Kier molecular flexibility index (Phi) is 3.74. The predicted molar refractivity (Wildman–Crippen MR) is 65.9 cm³/mol. The van der Waals surface area contributed by atoms with Gasteiger partial charge in [0.05, 0.1) is 0 Å². The second kappa shape index (κ2) is 5.27. The van der Waals surface area contributed by atoms with Gasteiger partial charge >= 0.3 is 0 Å². The summed E-state index contributed by atoms with van der Waals surface area (Å²) < 4.78 is 0. The van der Waals surface area contributed by atoms with Crippen LogP contribution in [-0.2, 0) is 0 Å². The number of rotatable bonds is 3. The molecule has 1 saturated heterocycles. The maximum Gasteiger partial charge on any atom is 0.171 e. The van der Waals surface area contributed by atoms with Crippen molar-refractivity contribution in [2.75, 3.05) is 37.6 Å². The largest absolute Gasteiger partial charge is 0.351 e. The first-order valence-electron chi connectivity index (χ1n) is 5.36. The first-order valence-corrected chi connectivity index (χ1v) is 5.74. The van der Waals surface area contributed by atoms with Gasteiger partial charge in [0.25, 0.3) is 0 Å². The summed E-state index contributed by atoms with van der Waals surface area (Å²) in [4.78, 5) is 12.8. The van der Waals surface area contributed by atoms with Gasteiger partial charge in [0.2, 0.25) is 0 Å². The van der Waals surface area contributed by atoms with Gasteiger partial charge in [0.15, 0.2) is 11.0 Å². The molecular formula is C11H15ClN4. The lowest BCUT2D eigenvalue weighted by Gasteiger charge is -2.34. The molecule has 86 valence electrons. The van der Waals surface area contributed by atoms with Gasteiger partial charge in [0.1, 0.15) is 0 Å². The number of piperazine rings is 1. The Labute approximate surface area is 101 Å². The molecule has 1 aromatic heterocycles. The number of nitrogens with zero attached hydrogens (tertiary/aromatic N) is 4. The van der Waals surface area contributed by atoms with Crippen molar-refractivity contribution in [1.29, 1.82) is 0 Å². The van der Waals surface area contributed by atoms with Crippen LogP contribution in [0.3, 0.4) is 0 Å². The van der Waals surface area contributed by atoms with E-state index in [0.717, 1.165) is 38.5 Å². The summed E-state index contributed by atoms with van der Waals surface area (Å²) in [5.41, 5.74) is 0. The van der Waals surface area contributed by atoms with E-state index in [4.69, 9.17) is 11.6 Å². The highest BCUT2D eigenvalue weighted by molar-refractivity contribution is 6.31. The monoisotopic (exact) mass is 238 g/mol. The van der Waals surface area contributed by atoms with Crippen LogP contribution in [0.4, 0.5) is 5.82 Å². The van der Waals surface area contributed by atoms with Crippen LogP contribution in [0.5, 0.6) is 0 Å². The van der Waals surface area contributed by atoms with E-state index < -0.39 is 0 Å². The zero-order chi connectivity index (χ0) is 11.4. The molecule has 1 fully saturated rings. The van der Waals surface area contributed by atoms with Gasteiger partial charge in [-0.25, -0.2) is 9.97 Å². The molecule has 0 spiro atoms. The third-order valence-corrected chi connectivity index (χ3v) is 2.96. The molecule has 0 radical (unpaired) electrons. The molecule has 4 nitrogen and oxygen atoms in total. The third kappa shape index (κ3) is 2.51. The molecule has 2 heterocycles. The Morgan fingerprint density at radius 2 is 1.94 bits per heavy atom. The number of aromatic nitrogens is 2. The second-order valence-corrected chi connectivity index (χ2v) is 4.11. The van der Waals surface area contributed by atoms with Gasteiger partial charge < -0.3 is 4.90 Å². The van der Waals surface area contributed by atoms with Crippen LogP contribution in [0, 0.1) is 0 Å². The van der Waals surface area contributed by atoms with Crippen molar-refractivity contribution >= 4 is 17.4 Å². The molecule has 5 heteroatoms. The third-order valence-electron chi connectivity index (χ3n) is 2.70. The lowest BCUT2D eigenvalue weighted by molar-refractivity contribution is 0.283. The van der Waals surface area contributed by atoms with Crippen LogP contribution in [-0.4, -0.2) is 47.6 Å². The van der Waals surface area contributed by atoms with E-state index in [1.807, 2.05) is 6.08 Å². The molecule has 1 aliphatic rings. The molecule has 1 aromatic rings. The van der Waals surface area contributed by atoms with E-state index in [0.29, 0.717) is 5.15 Å². The molecule has 16 heavy (non-hydrogen) atoms. The van der Waals surface area contributed by atoms with Gasteiger partial charge in [-0.15, -0.1) is 6.58 Å². The Balaban J connectivity index is 1.99. The maximum absolute atomic E-state index is 6.01. The second-order valence-electron chi connectivity index (χ2n) is 3.75. The molecule has 0 aromatic carbocycles. The van der Waals surface area contributed by atoms with E-state index >= 15 is 0 Å². The van der Waals surface area contributed by atoms with Crippen molar-refractivity contribution in [3.63, 3.8) is 0 Å². The van der Waals surface area contributed by atoms with Crippen LogP contribution in [0.25, 0.3) is 0 Å². The summed E-state index contributed by atoms with van der Waals surface area (Å²) in [6.45, 7) is 8.59.